The van der Waals surface area contributed by atoms with Crippen molar-refractivity contribution >= 4 is 22.3 Å². The van der Waals surface area contributed by atoms with Crippen LogP contribution in [0.4, 0.5) is 5.69 Å². The highest BCUT2D eigenvalue weighted by Gasteiger charge is 2.69. The van der Waals surface area contributed by atoms with Crippen LogP contribution in [0.15, 0.2) is 60.2 Å². The fourth-order valence-corrected chi connectivity index (χ4v) is 8.30. The monoisotopic (exact) mass is 481 g/mol. The van der Waals surface area contributed by atoms with Crippen LogP contribution in [0.5, 0.6) is 0 Å². The van der Waals surface area contributed by atoms with Crippen molar-refractivity contribution in [3.8, 4) is 0 Å². The highest BCUT2D eigenvalue weighted by molar-refractivity contribution is 6.02. The summed E-state index contributed by atoms with van der Waals surface area (Å²) in [6.45, 7) is 9.34. The summed E-state index contributed by atoms with van der Waals surface area (Å²) in [6, 6.07) is 18.0. The molecule has 4 N–H and O–H groups in total. The van der Waals surface area contributed by atoms with E-state index in [0.717, 1.165) is 32.4 Å². The van der Waals surface area contributed by atoms with E-state index in [-0.39, 0.29) is 10.8 Å². The second-order valence-electron chi connectivity index (χ2n) is 12.0. The molecule has 0 amide bonds. The Balaban J connectivity index is 1.67. The first kappa shape index (κ1) is 23.7. The van der Waals surface area contributed by atoms with Crippen LogP contribution in [-0.2, 0) is 11.8 Å². The van der Waals surface area contributed by atoms with E-state index in [1.807, 2.05) is 0 Å². The van der Waals surface area contributed by atoms with Crippen LogP contribution in [0.1, 0.15) is 56.4 Å². The summed E-state index contributed by atoms with van der Waals surface area (Å²) < 4.78 is 0. The molecule has 0 bridgehead atoms. The van der Waals surface area contributed by atoms with Gasteiger partial charge in [-0.1, -0.05) is 61.9 Å². The van der Waals surface area contributed by atoms with Gasteiger partial charge in [0.2, 0.25) is 5.69 Å². The SMILES string of the molecule is CNCCc1c([C@@H]2[C@@H]3[C@H](C=C(C)CC3(C)C)C3=[NH+]c4ccccc4[C@@]32CCNC)[nH]c2ccccc12. The molecule has 3 aliphatic rings. The van der Waals surface area contributed by atoms with Gasteiger partial charge < -0.3 is 15.6 Å². The maximum absolute atomic E-state index is 4.03. The first-order valence-electron chi connectivity index (χ1n) is 13.7. The Morgan fingerprint density at radius 2 is 1.75 bits per heavy atom. The molecule has 2 aromatic carbocycles. The lowest BCUT2D eigenvalue weighted by Gasteiger charge is -2.43. The molecule has 0 saturated heterocycles. The first-order valence-corrected chi connectivity index (χ1v) is 13.7. The molecule has 36 heavy (non-hydrogen) atoms. The zero-order valence-corrected chi connectivity index (χ0v) is 22.5. The van der Waals surface area contributed by atoms with E-state index < -0.39 is 0 Å². The first-order chi connectivity index (χ1) is 17.4. The predicted molar refractivity (Wildman–Crippen MR) is 150 cm³/mol. The molecule has 1 saturated carbocycles. The number of hydrogen-bond donors (Lipinski definition) is 4. The lowest BCUT2D eigenvalue weighted by Crippen LogP contribution is -2.67. The number of benzene rings is 2. The molecule has 1 aliphatic heterocycles. The number of hydrogen-bond acceptors (Lipinski definition) is 2. The van der Waals surface area contributed by atoms with Crippen molar-refractivity contribution in [3.63, 3.8) is 0 Å². The van der Waals surface area contributed by atoms with Gasteiger partial charge in [-0.25, -0.2) is 4.99 Å². The molecule has 4 atom stereocenters. The van der Waals surface area contributed by atoms with Crippen molar-refractivity contribution in [3.05, 3.63) is 77.0 Å². The van der Waals surface area contributed by atoms with Crippen LogP contribution in [0, 0.1) is 17.3 Å². The van der Waals surface area contributed by atoms with Gasteiger partial charge in [0, 0.05) is 34.1 Å². The number of allylic oxidation sites excluding steroid dienone is 2. The molecule has 3 aromatic rings. The van der Waals surface area contributed by atoms with E-state index in [9.17, 15) is 0 Å². The normalized spacial score (nSPS) is 28.0. The van der Waals surface area contributed by atoms with Gasteiger partial charge in [0.25, 0.3) is 0 Å². The van der Waals surface area contributed by atoms with E-state index in [1.165, 1.54) is 44.7 Å². The fourth-order valence-electron chi connectivity index (χ4n) is 8.30. The van der Waals surface area contributed by atoms with E-state index >= 15 is 0 Å². The summed E-state index contributed by atoms with van der Waals surface area (Å²) >= 11 is 0. The fraction of sp³-hybridized carbons (Fsp3) is 0.469. The Morgan fingerprint density at radius 1 is 1.00 bits per heavy atom. The van der Waals surface area contributed by atoms with Crippen LogP contribution in [0.2, 0.25) is 0 Å². The van der Waals surface area contributed by atoms with Crippen molar-refractivity contribution in [2.75, 3.05) is 27.2 Å². The molecule has 2 aliphatic carbocycles. The van der Waals surface area contributed by atoms with Gasteiger partial charge in [0.05, 0.1) is 11.3 Å². The average Bonchev–Trinajstić information content (AvgIpc) is 3.47. The van der Waals surface area contributed by atoms with Crippen molar-refractivity contribution in [2.24, 2.45) is 17.3 Å². The molecule has 0 spiro atoms. The summed E-state index contributed by atoms with van der Waals surface area (Å²) in [6.07, 6.45) is 5.89. The Labute approximate surface area is 215 Å². The third-order valence-electron chi connectivity index (χ3n) is 9.42. The number of rotatable bonds is 7. The van der Waals surface area contributed by atoms with Crippen LogP contribution in [0.3, 0.4) is 0 Å². The van der Waals surface area contributed by atoms with E-state index in [4.69, 9.17) is 0 Å². The number of para-hydroxylation sites is 2. The van der Waals surface area contributed by atoms with E-state index in [2.05, 4.69) is 110 Å². The van der Waals surface area contributed by atoms with Crippen LogP contribution in [-0.4, -0.2) is 37.9 Å². The smallest absolute Gasteiger partial charge is 0.207 e. The van der Waals surface area contributed by atoms with Crippen LogP contribution >= 0.6 is 0 Å². The summed E-state index contributed by atoms with van der Waals surface area (Å²) in [5.74, 6) is 1.32. The molecule has 0 unspecified atom stereocenters. The molecular weight excluding hydrogens is 440 g/mol. The van der Waals surface area contributed by atoms with Crippen molar-refractivity contribution in [1.82, 2.24) is 15.6 Å². The van der Waals surface area contributed by atoms with Gasteiger partial charge in [0.15, 0.2) is 5.71 Å². The van der Waals surface area contributed by atoms with Crippen LogP contribution < -0.4 is 15.6 Å². The second-order valence-corrected chi connectivity index (χ2v) is 12.0. The number of aromatic nitrogens is 1. The standard InChI is InChI=1S/C32H40N4/c1-20-18-23-27(31(2,3)19-20)28(29-22(14-16-33-4)21-10-6-8-12-25(21)35-29)32(15-17-34-5)24-11-7-9-13-26(24)36-30(23)32/h6-13,18,23,27-28,33-35H,14-17,19H2,1-5H3/p+1/t23-,27-,28-,32+/m0/s1. The molecule has 1 aromatic heterocycles. The zero-order valence-electron chi connectivity index (χ0n) is 22.5. The van der Waals surface area contributed by atoms with Gasteiger partial charge in [-0.05, 0) is 76.3 Å². The van der Waals surface area contributed by atoms with Crippen molar-refractivity contribution < 1.29 is 4.99 Å². The Bertz CT molecular complexity index is 1360. The maximum Gasteiger partial charge on any atom is 0.207 e. The Morgan fingerprint density at radius 3 is 2.56 bits per heavy atom. The topological polar surface area (TPSA) is 53.8 Å². The molecule has 188 valence electrons. The second kappa shape index (κ2) is 8.71. The summed E-state index contributed by atoms with van der Waals surface area (Å²) in [4.78, 5) is 8.05. The molecule has 4 heteroatoms. The minimum Gasteiger partial charge on any atom is -0.358 e. The van der Waals surface area contributed by atoms with E-state index in [1.54, 1.807) is 0 Å². The predicted octanol–water partition coefficient (Wildman–Crippen LogP) is 4.35. The number of likely N-dealkylation sites (N-methyl/N-ethyl adjacent to an activating group) is 1. The number of aromatic amines is 1. The maximum atomic E-state index is 4.03. The molecule has 0 radical (unpaired) electrons. The third-order valence-corrected chi connectivity index (χ3v) is 9.42. The van der Waals surface area contributed by atoms with Gasteiger partial charge in [-0.15, -0.1) is 0 Å². The van der Waals surface area contributed by atoms with Gasteiger partial charge in [0.1, 0.15) is 0 Å². The summed E-state index contributed by atoms with van der Waals surface area (Å²) in [5, 5.41) is 8.32. The van der Waals surface area contributed by atoms with Gasteiger partial charge >= 0.3 is 0 Å². The summed E-state index contributed by atoms with van der Waals surface area (Å²) in [5.41, 5.74) is 10.2. The highest BCUT2D eigenvalue weighted by Crippen LogP contribution is 2.65. The zero-order chi connectivity index (χ0) is 25.1. The lowest BCUT2D eigenvalue weighted by molar-refractivity contribution is -0.353. The van der Waals surface area contributed by atoms with Crippen LogP contribution in [0.25, 0.3) is 10.9 Å². The number of fused-ring (bicyclic) bond motifs is 6. The van der Waals surface area contributed by atoms with Gasteiger partial charge in [-0.2, -0.15) is 0 Å². The molecule has 6 rings (SSSR count). The van der Waals surface area contributed by atoms with Gasteiger partial charge in [-0.3, -0.25) is 0 Å². The van der Waals surface area contributed by atoms with E-state index in [0.29, 0.717) is 17.8 Å². The highest BCUT2D eigenvalue weighted by atomic mass is 14.9. The molecular formula is C32H41N4+. The molecule has 2 heterocycles. The van der Waals surface area contributed by atoms with Crippen molar-refractivity contribution in [2.45, 2.75) is 51.4 Å². The largest absolute Gasteiger partial charge is 0.358 e. The quantitative estimate of drug-likeness (QED) is 0.379. The summed E-state index contributed by atoms with van der Waals surface area (Å²) in [7, 11) is 4.16. The lowest BCUT2D eigenvalue weighted by atomic mass is 9.59. The van der Waals surface area contributed by atoms with Crippen molar-refractivity contribution in [1.29, 1.82) is 0 Å². The minimum atomic E-state index is -0.0530. The molecule has 1 fully saturated rings. The average molecular weight is 482 g/mol. The Hall–Kier alpha value is -2.69. The Kier molecular flexibility index (Phi) is 5.73. The number of H-pyrrole nitrogens is 1. The number of nitrogens with one attached hydrogen (secondary N) is 4. The minimum absolute atomic E-state index is 0.0530. The molecule has 4 nitrogen and oxygen atoms in total. The third kappa shape index (κ3) is 3.30.